The second kappa shape index (κ2) is 1.54. The van der Waals surface area contributed by atoms with Crippen molar-refractivity contribution in [1.82, 2.24) is 5.32 Å². The zero-order valence-electron chi connectivity index (χ0n) is 4.00. The molecule has 2 N–H and O–H groups in total. The van der Waals surface area contributed by atoms with E-state index in [9.17, 15) is 0 Å². The summed E-state index contributed by atoms with van der Waals surface area (Å²) in [7, 11) is 0. The van der Waals surface area contributed by atoms with Crippen LogP contribution in [0.15, 0.2) is 16.5 Å². The molecule has 0 aromatic carbocycles. The van der Waals surface area contributed by atoms with E-state index in [0.717, 1.165) is 0 Å². The summed E-state index contributed by atoms with van der Waals surface area (Å²) in [4.78, 5) is 3.54. The molecule has 0 aliphatic carbocycles. The van der Waals surface area contributed by atoms with Crippen molar-refractivity contribution in [3.05, 3.63) is 11.5 Å². The van der Waals surface area contributed by atoms with Crippen LogP contribution >= 0.6 is 0 Å². The third-order valence-corrected chi connectivity index (χ3v) is 0.732. The summed E-state index contributed by atoms with van der Waals surface area (Å²) < 4.78 is 0. The van der Waals surface area contributed by atoms with Crippen LogP contribution in [0.25, 0.3) is 0 Å². The normalized spacial score (nSPS) is 15.9. The van der Waals surface area contributed by atoms with E-state index in [1.807, 2.05) is 0 Å². The van der Waals surface area contributed by atoms with E-state index >= 15 is 0 Å². The molecular formula is C4H3N4. The molecule has 0 atom stereocenters. The molecule has 0 amide bonds. The van der Waals surface area contributed by atoms with Crippen LogP contribution in [0.2, 0.25) is 0 Å². The molecule has 0 spiro atoms. The van der Waals surface area contributed by atoms with Crippen LogP contribution in [0.1, 0.15) is 0 Å². The summed E-state index contributed by atoms with van der Waals surface area (Å²) in [6.45, 7) is 0. The Morgan fingerprint density at radius 1 is 1.75 bits per heavy atom. The summed E-state index contributed by atoms with van der Waals surface area (Å²) in [5.41, 5.74) is 5.35. The van der Waals surface area contributed by atoms with Crippen molar-refractivity contribution in [2.24, 2.45) is 10.7 Å². The third-order valence-electron chi connectivity index (χ3n) is 0.732. The Morgan fingerprint density at radius 3 is 2.75 bits per heavy atom. The van der Waals surface area contributed by atoms with Crippen LogP contribution in [-0.4, -0.2) is 6.34 Å². The van der Waals surface area contributed by atoms with Crippen LogP contribution in [0.3, 0.4) is 0 Å². The Balaban J connectivity index is 2.91. The van der Waals surface area contributed by atoms with Gasteiger partial charge in [-0.1, -0.05) is 0 Å². The van der Waals surface area contributed by atoms with Gasteiger partial charge >= 0.3 is 0 Å². The number of nitriles is 1. The molecule has 8 heavy (non-hydrogen) atoms. The lowest BCUT2D eigenvalue weighted by Crippen LogP contribution is -2.07. The van der Waals surface area contributed by atoms with Crippen molar-refractivity contribution in [1.29, 1.82) is 5.26 Å². The summed E-state index contributed by atoms with van der Waals surface area (Å²) >= 11 is 0. The van der Waals surface area contributed by atoms with E-state index in [0.29, 0.717) is 0 Å². The summed E-state index contributed by atoms with van der Waals surface area (Å²) in [5.74, 6) is 0.201. The largest absolute Gasteiger partial charge is 0.381 e. The van der Waals surface area contributed by atoms with Gasteiger partial charge in [-0.05, 0) is 0 Å². The number of nitrogens with zero attached hydrogens (tertiary/aromatic N) is 3. The predicted octanol–water partition coefficient (Wildman–Crippen LogP) is -0.716. The molecular weight excluding hydrogens is 104 g/mol. The first-order chi connectivity index (χ1) is 3.84. The molecule has 39 valence electrons. The number of rotatable bonds is 0. The highest BCUT2D eigenvalue weighted by Gasteiger charge is 2.04. The molecule has 1 radical (unpaired) electrons. The molecule has 0 bridgehead atoms. The van der Waals surface area contributed by atoms with Crippen LogP contribution in [-0.2, 0) is 0 Å². The van der Waals surface area contributed by atoms with Gasteiger partial charge in [-0.15, -0.1) is 0 Å². The molecule has 1 rings (SSSR count). The van der Waals surface area contributed by atoms with Crippen molar-refractivity contribution in [3.63, 3.8) is 0 Å². The fraction of sp³-hybridized carbons (Fsp3) is 0. The summed E-state index contributed by atoms with van der Waals surface area (Å²) in [6.07, 6.45) is 1.26. The number of nitrogens with two attached hydrogens (primary N) is 1. The number of allylic oxidation sites excluding steroid dienone is 1. The topological polar surface area (TPSA) is 76.3 Å². The molecule has 0 aromatic rings. The van der Waals surface area contributed by atoms with Crippen LogP contribution in [0.4, 0.5) is 0 Å². The number of hydrogen-bond donors (Lipinski definition) is 1. The van der Waals surface area contributed by atoms with E-state index in [2.05, 4.69) is 10.3 Å². The van der Waals surface area contributed by atoms with Gasteiger partial charge in [0, 0.05) is 0 Å². The van der Waals surface area contributed by atoms with Crippen molar-refractivity contribution in [2.45, 2.75) is 0 Å². The number of hydrogen-bond acceptors (Lipinski definition) is 3. The first-order valence-electron chi connectivity index (χ1n) is 1.98. The maximum Gasteiger partial charge on any atom is 0.184 e. The Hall–Kier alpha value is -1.50. The van der Waals surface area contributed by atoms with Gasteiger partial charge in [-0.3, -0.25) is 0 Å². The Bertz CT molecular complexity index is 195. The molecule has 0 saturated carbocycles. The average molecular weight is 107 g/mol. The highest BCUT2D eigenvalue weighted by Crippen LogP contribution is 2.00. The average Bonchev–Trinajstić information content (AvgIpc) is 2.14. The minimum Gasteiger partial charge on any atom is -0.381 e. The third kappa shape index (κ3) is 0.500. The maximum atomic E-state index is 8.17. The zero-order chi connectivity index (χ0) is 5.98. The fourth-order valence-electron chi connectivity index (χ4n) is 0.362. The van der Waals surface area contributed by atoms with Gasteiger partial charge in [0.1, 0.15) is 12.4 Å². The quantitative estimate of drug-likeness (QED) is 0.443. The molecule has 0 fully saturated rings. The van der Waals surface area contributed by atoms with E-state index in [4.69, 9.17) is 11.0 Å². The highest BCUT2D eigenvalue weighted by molar-refractivity contribution is 5.64. The SMILES string of the molecule is N#CC1=C(N)[N]C=N1. The summed E-state index contributed by atoms with van der Waals surface area (Å²) in [6, 6.07) is 1.78. The van der Waals surface area contributed by atoms with Crippen molar-refractivity contribution < 1.29 is 0 Å². The Kier molecular flexibility index (Phi) is 0.897. The smallest absolute Gasteiger partial charge is 0.184 e. The van der Waals surface area contributed by atoms with Gasteiger partial charge in [-0.2, -0.15) is 5.26 Å². The lowest BCUT2D eigenvalue weighted by Gasteiger charge is -1.83. The lowest BCUT2D eigenvalue weighted by molar-refractivity contribution is 1.10. The Labute approximate surface area is 46.3 Å². The molecule has 4 heteroatoms. The maximum absolute atomic E-state index is 8.17. The molecule has 4 nitrogen and oxygen atoms in total. The molecule has 1 heterocycles. The molecule has 0 saturated heterocycles. The van der Waals surface area contributed by atoms with Crippen molar-refractivity contribution >= 4 is 6.34 Å². The molecule has 0 aromatic heterocycles. The highest BCUT2D eigenvalue weighted by atomic mass is 15.1. The van der Waals surface area contributed by atoms with Gasteiger partial charge in [0.2, 0.25) is 0 Å². The number of aliphatic imine (C=N–C) groups is 1. The van der Waals surface area contributed by atoms with Crippen LogP contribution in [0, 0.1) is 11.3 Å². The summed E-state index contributed by atoms with van der Waals surface area (Å²) in [5, 5.41) is 11.7. The lowest BCUT2D eigenvalue weighted by atomic mass is 10.5. The van der Waals surface area contributed by atoms with Gasteiger partial charge in [0.15, 0.2) is 11.5 Å². The van der Waals surface area contributed by atoms with Gasteiger partial charge in [-0.25, -0.2) is 10.3 Å². The van der Waals surface area contributed by atoms with Crippen molar-refractivity contribution in [3.8, 4) is 6.07 Å². The fourth-order valence-corrected chi connectivity index (χ4v) is 0.362. The van der Waals surface area contributed by atoms with Crippen LogP contribution < -0.4 is 11.1 Å². The Morgan fingerprint density at radius 2 is 2.50 bits per heavy atom. The molecule has 1 aliphatic rings. The predicted molar refractivity (Wildman–Crippen MR) is 27.5 cm³/mol. The van der Waals surface area contributed by atoms with E-state index < -0.39 is 0 Å². The first kappa shape index (κ1) is 4.65. The van der Waals surface area contributed by atoms with Gasteiger partial charge in [0.05, 0.1) is 0 Å². The van der Waals surface area contributed by atoms with Gasteiger partial charge < -0.3 is 5.73 Å². The monoisotopic (exact) mass is 107 g/mol. The second-order valence-electron chi connectivity index (χ2n) is 1.22. The van der Waals surface area contributed by atoms with E-state index in [1.54, 1.807) is 6.07 Å². The van der Waals surface area contributed by atoms with E-state index in [1.165, 1.54) is 6.34 Å². The molecule has 1 aliphatic heterocycles. The minimum absolute atomic E-state index is 0.199. The van der Waals surface area contributed by atoms with Crippen molar-refractivity contribution in [2.75, 3.05) is 0 Å². The second-order valence-corrected chi connectivity index (χ2v) is 1.22. The standard InChI is InChI=1S/C4H3N4/c5-1-3-4(6)8-2-7-3/h2H,6H2. The zero-order valence-corrected chi connectivity index (χ0v) is 4.00. The van der Waals surface area contributed by atoms with Crippen LogP contribution in [0.5, 0.6) is 0 Å². The first-order valence-corrected chi connectivity index (χ1v) is 1.98. The minimum atomic E-state index is 0.199. The van der Waals surface area contributed by atoms with Gasteiger partial charge in [0.25, 0.3) is 0 Å². The molecule has 0 unspecified atom stereocenters. The van der Waals surface area contributed by atoms with E-state index in [-0.39, 0.29) is 11.5 Å².